The van der Waals surface area contributed by atoms with Crippen molar-refractivity contribution in [3.05, 3.63) is 28.8 Å². The van der Waals surface area contributed by atoms with Crippen LogP contribution in [0.2, 0.25) is 5.02 Å². The summed E-state index contributed by atoms with van der Waals surface area (Å²) in [5.41, 5.74) is 0.282. The molecule has 0 saturated heterocycles. The third kappa shape index (κ3) is 3.59. The second-order valence-electron chi connectivity index (χ2n) is 3.62. The first-order valence-corrected chi connectivity index (χ1v) is 7.03. The van der Waals surface area contributed by atoms with Crippen LogP contribution in [0.3, 0.4) is 0 Å². The molecule has 1 atom stereocenters. The fourth-order valence-corrected chi connectivity index (χ4v) is 2.43. The molecule has 0 radical (unpaired) electrons. The number of hydrogen-bond donors (Lipinski definition) is 1. The van der Waals surface area contributed by atoms with Gasteiger partial charge in [0.15, 0.2) is 5.25 Å². The van der Waals surface area contributed by atoms with Crippen LogP contribution in [0, 0.1) is 11.3 Å². The van der Waals surface area contributed by atoms with Gasteiger partial charge in [-0.3, -0.25) is 9.52 Å². The largest absolute Gasteiger partial charge is 0.468 e. The standard InChI is InChI=1S/C11H11ClN2O4S/c1-7(11(15)18-2)19(16,17)14-10-5-8(6-13)3-4-9(10)12/h3-5,7,14H,1-2H3. The molecule has 0 aliphatic carbocycles. The molecule has 0 bridgehead atoms. The lowest BCUT2D eigenvalue weighted by Crippen LogP contribution is -2.33. The number of carbonyl (C=O) groups is 1. The number of sulfonamides is 1. The van der Waals surface area contributed by atoms with Gasteiger partial charge in [0.2, 0.25) is 10.0 Å². The quantitative estimate of drug-likeness (QED) is 0.850. The van der Waals surface area contributed by atoms with Crippen LogP contribution in [0.15, 0.2) is 18.2 Å². The Kier molecular flexibility index (Phi) is 4.75. The van der Waals surface area contributed by atoms with Crippen LogP contribution in [-0.4, -0.2) is 26.7 Å². The molecule has 0 heterocycles. The summed E-state index contributed by atoms with van der Waals surface area (Å²) in [6.45, 7) is 1.19. The van der Waals surface area contributed by atoms with Gasteiger partial charge in [0.05, 0.1) is 29.5 Å². The van der Waals surface area contributed by atoms with Gasteiger partial charge in [0, 0.05) is 0 Å². The molecule has 0 saturated carbocycles. The zero-order valence-corrected chi connectivity index (χ0v) is 11.7. The van der Waals surface area contributed by atoms with E-state index in [9.17, 15) is 13.2 Å². The maximum atomic E-state index is 11.9. The zero-order chi connectivity index (χ0) is 14.6. The molecule has 0 aliphatic heterocycles. The summed E-state index contributed by atoms with van der Waals surface area (Å²) in [5, 5.41) is 7.48. The Morgan fingerprint density at radius 3 is 2.68 bits per heavy atom. The number of esters is 1. The average molecular weight is 303 g/mol. The topological polar surface area (TPSA) is 96.3 Å². The van der Waals surface area contributed by atoms with Crippen LogP contribution in [-0.2, 0) is 19.6 Å². The van der Waals surface area contributed by atoms with E-state index in [0.29, 0.717) is 0 Å². The molecule has 19 heavy (non-hydrogen) atoms. The van der Waals surface area contributed by atoms with Crippen molar-refractivity contribution in [2.75, 3.05) is 11.8 Å². The molecular weight excluding hydrogens is 292 g/mol. The van der Waals surface area contributed by atoms with Gasteiger partial charge in [-0.2, -0.15) is 5.26 Å². The van der Waals surface area contributed by atoms with Gasteiger partial charge >= 0.3 is 5.97 Å². The second kappa shape index (κ2) is 5.91. The van der Waals surface area contributed by atoms with E-state index in [4.69, 9.17) is 16.9 Å². The van der Waals surface area contributed by atoms with Gasteiger partial charge in [0.1, 0.15) is 0 Å². The van der Waals surface area contributed by atoms with Crippen molar-refractivity contribution in [1.29, 1.82) is 5.26 Å². The Hall–Kier alpha value is -1.78. The van der Waals surface area contributed by atoms with Gasteiger partial charge in [-0.25, -0.2) is 8.42 Å². The Morgan fingerprint density at radius 2 is 2.16 bits per heavy atom. The first-order valence-electron chi connectivity index (χ1n) is 5.11. The first kappa shape index (κ1) is 15.3. The van der Waals surface area contributed by atoms with E-state index in [2.05, 4.69) is 9.46 Å². The Bertz CT molecular complexity index is 637. The average Bonchev–Trinajstić information content (AvgIpc) is 2.39. The number of ether oxygens (including phenoxy) is 1. The normalized spacial score (nSPS) is 12.3. The Labute approximate surface area is 116 Å². The monoisotopic (exact) mass is 302 g/mol. The van der Waals surface area contributed by atoms with E-state index in [0.717, 1.165) is 7.11 Å². The number of methoxy groups -OCH3 is 1. The molecule has 0 amide bonds. The van der Waals surface area contributed by atoms with Crippen LogP contribution in [0.25, 0.3) is 0 Å². The van der Waals surface area contributed by atoms with Crippen LogP contribution in [0.1, 0.15) is 12.5 Å². The molecule has 6 nitrogen and oxygen atoms in total. The fourth-order valence-electron chi connectivity index (χ4n) is 1.21. The minimum absolute atomic E-state index is 0.0384. The van der Waals surface area contributed by atoms with Gasteiger partial charge in [0.25, 0.3) is 0 Å². The summed E-state index contributed by atoms with van der Waals surface area (Å²) < 4.78 is 30.3. The molecule has 102 valence electrons. The van der Waals surface area contributed by atoms with Crippen molar-refractivity contribution in [3.63, 3.8) is 0 Å². The van der Waals surface area contributed by atoms with Gasteiger partial charge in [-0.05, 0) is 25.1 Å². The SMILES string of the molecule is COC(=O)C(C)S(=O)(=O)Nc1cc(C#N)ccc1Cl. The molecule has 8 heteroatoms. The molecule has 0 fully saturated rings. The molecule has 1 aromatic rings. The lowest BCUT2D eigenvalue weighted by molar-refractivity contribution is -0.139. The highest BCUT2D eigenvalue weighted by Crippen LogP contribution is 2.24. The van der Waals surface area contributed by atoms with Crippen molar-refractivity contribution in [2.24, 2.45) is 0 Å². The first-order chi connectivity index (χ1) is 8.81. The van der Waals surface area contributed by atoms with E-state index in [1.165, 1.54) is 25.1 Å². The van der Waals surface area contributed by atoms with Crippen LogP contribution >= 0.6 is 11.6 Å². The molecule has 1 N–H and O–H groups in total. The third-order valence-corrected chi connectivity index (χ3v) is 4.30. The van der Waals surface area contributed by atoms with Crippen molar-refractivity contribution >= 4 is 33.3 Å². The van der Waals surface area contributed by atoms with Crippen LogP contribution in [0.5, 0.6) is 0 Å². The summed E-state index contributed by atoms with van der Waals surface area (Å²) in [4.78, 5) is 11.2. The summed E-state index contributed by atoms with van der Waals surface area (Å²) in [5.74, 6) is -0.889. The number of nitrogens with zero attached hydrogens (tertiary/aromatic N) is 1. The highest BCUT2D eigenvalue weighted by atomic mass is 35.5. The highest BCUT2D eigenvalue weighted by Gasteiger charge is 2.29. The highest BCUT2D eigenvalue weighted by molar-refractivity contribution is 7.94. The minimum Gasteiger partial charge on any atom is -0.468 e. The van der Waals surface area contributed by atoms with Crippen LogP contribution < -0.4 is 4.72 Å². The molecule has 0 aromatic heterocycles. The maximum Gasteiger partial charge on any atom is 0.325 e. The number of nitrogens with one attached hydrogen (secondary N) is 1. The molecular formula is C11H11ClN2O4S. The van der Waals surface area contributed by atoms with E-state index in [-0.39, 0.29) is 16.3 Å². The van der Waals surface area contributed by atoms with Crippen molar-refractivity contribution in [3.8, 4) is 6.07 Å². The summed E-state index contributed by atoms with van der Waals surface area (Å²) in [6, 6.07) is 5.98. The fraction of sp³-hybridized carbons (Fsp3) is 0.273. The number of halogens is 1. The summed E-state index contributed by atoms with van der Waals surface area (Å²) in [7, 11) is -2.90. The maximum absolute atomic E-state index is 11.9. The third-order valence-electron chi connectivity index (χ3n) is 2.35. The van der Waals surface area contributed by atoms with Gasteiger partial charge in [-0.1, -0.05) is 11.6 Å². The molecule has 1 aromatic carbocycles. The number of carbonyl (C=O) groups excluding carboxylic acids is 1. The van der Waals surface area contributed by atoms with E-state index in [1.54, 1.807) is 0 Å². The van der Waals surface area contributed by atoms with E-state index in [1.807, 2.05) is 6.07 Å². The lowest BCUT2D eigenvalue weighted by atomic mass is 10.2. The Morgan fingerprint density at radius 1 is 1.53 bits per heavy atom. The lowest BCUT2D eigenvalue weighted by Gasteiger charge is -2.13. The van der Waals surface area contributed by atoms with Gasteiger partial charge < -0.3 is 4.74 Å². The molecule has 0 spiro atoms. The number of nitriles is 1. The van der Waals surface area contributed by atoms with Crippen LogP contribution in [0.4, 0.5) is 5.69 Å². The van der Waals surface area contributed by atoms with Crippen molar-refractivity contribution in [2.45, 2.75) is 12.2 Å². The second-order valence-corrected chi connectivity index (χ2v) is 6.03. The summed E-state index contributed by atoms with van der Waals surface area (Å²) >= 11 is 5.82. The molecule has 0 aliphatic rings. The predicted octanol–water partition coefficient (Wildman–Crippen LogP) is 1.51. The van der Waals surface area contributed by atoms with E-state index < -0.39 is 21.2 Å². The molecule has 1 unspecified atom stereocenters. The summed E-state index contributed by atoms with van der Waals surface area (Å²) in [6.07, 6.45) is 0. The Balaban J connectivity index is 3.09. The number of rotatable bonds is 4. The predicted molar refractivity (Wildman–Crippen MR) is 70.2 cm³/mol. The molecule has 1 rings (SSSR count). The number of benzene rings is 1. The smallest absolute Gasteiger partial charge is 0.325 e. The minimum atomic E-state index is -3.99. The van der Waals surface area contributed by atoms with E-state index >= 15 is 0 Å². The van der Waals surface area contributed by atoms with Crippen molar-refractivity contribution < 1.29 is 17.9 Å². The van der Waals surface area contributed by atoms with Crippen molar-refractivity contribution in [1.82, 2.24) is 0 Å². The zero-order valence-electron chi connectivity index (χ0n) is 10.2. The number of anilines is 1. The van der Waals surface area contributed by atoms with Gasteiger partial charge in [-0.15, -0.1) is 0 Å². The number of hydrogen-bond acceptors (Lipinski definition) is 5.